The van der Waals surface area contributed by atoms with E-state index in [4.69, 9.17) is 11.6 Å². The number of rotatable bonds is 6. The molecule has 142 valence electrons. The van der Waals surface area contributed by atoms with Gasteiger partial charge in [-0.05, 0) is 30.7 Å². The molecule has 0 amide bonds. The van der Waals surface area contributed by atoms with Gasteiger partial charge in [-0.25, -0.2) is 4.68 Å². The Morgan fingerprint density at radius 2 is 1.86 bits per heavy atom. The van der Waals surface area contributed by atoms with Crippen molar-refractivity contribution in [2.45, 2.75) is 6.92 Å². The maximum absolute atomic E-state index is 11.2. The second-order valence-corrected chi connectivity index (χ2v) is 5.93. The number of nitrogens with zero attached hydrogens (tertiary/aromatic N) is 6. The summed E-state index contributed by atoms with van der Waals surface area (Å²) >= 11 is 5.97. The minimum atomic E-state index is -0.711. The molecule has 0 saturated carbocycles. The summed E-state index contributed by atoms with van der Waals surface area (Å²) in [5, 5.41) is 34.0. The van der Waals surface area contributed by atoms with Crippen LogP contribution in [0.15, 0.2) is 53.8 Å². The van der Waals surface area contributed by atoms with E-state index >= 15 is 0 Å². The molecule has 11 nitrogen and oxygen atoms in total. The van der Waals surface area contributed by atoms with E-state index in [0.29, 0.717) is 16.6 Å². The maximum Gasteiger partial charge on any atom is 0.301 e. The van der Waals surface area contributed by atoms with Crippen LogP contribution in [-0.4, -0.2) is 30.6 Å². The highest BCUT2D eigenvalue weighted by Crippen LogP contribution is 2.29. The minimum absolute atomic E-state index is 0.0426. The number of nitro groups is 2. The van der Waals surface area contributed by atoms with Crippen LogP contribution in [0.5, 0.6) is 0 Å². The maximum atomic E-state index is 11.2. The topological polar surface area (TPSA) is 141 Å². The third kappa shape index (κ3) is 3.94. The first-order chi connectivity index (χ1) is 13.4. The van der Waals surface area contributed by atoms with Gasteiger partial charge in [0, 0.05) is 6.07 Å². The second-order valence-electron chi connectivity index (χ2n) is 5.54. The average molecular weight is 402 g/mol. The zero-order valence-corrected chi connectivity index (χ0v) is 15.1. The third-order valence-corrected chi connectivity index (χ3v) is 4.03. The Hall–Kier alpha value is -3.86. The summed E-state index contributed by atoms with van der Waals surface area (Å²) in [7, 11) is 0. The molecule has 0 aliphatic rings. The lowest BCUT2D eigenvalue weighted by Gasteiger charge is -2.06. The number of benzene rings is 2. The van der Waals surface area contributed by atoms with Crippen LogP contribution in [0.25, 0.3) is 5.69 Å². The predicted octanol–water partition coefficient (Wildman–Crippen LogP) is 3.57. The number of hydrazone groups is 1. The van der Waals surface area contributed by atoms with E-state index in [2.05, 4.69) is 20.8 Å². The van der Waals surface area contributed by atoms with E-state index < -0.39 is 15.5 Å². The van der Waals surface area contributed by atoms with Crippen LogP contribution in [-0.2, 0) is 0 Å². The molecule has 28 heavy (non-hydrogen) atoms. The average Bonchev–Trinajstić information content (AvgIpc) is 3.11. The van der Waals surface area contributed by atoms with Crippen molar-refractivity contribution >= 4 is 34.4 Å². The number of nitrogens with one attached hydrogen (secondary N) is 1. The van der Waals surface area contributed by atoms with Crippen LogP contribution < -0.4 is 5.43 Å². The third-order valence-electron chi connectivity index (χ3n) is 3.77. The number of hydrogen-bond acceptors (Lipinski definition) is 8. The molecule has 1 N–H and O–H groups in total. The molecule has 0 radical (unpaired) electrons. The summed E-state index contributed by atoms with van der Waals surface area (Å²) in [6.45, 7) is 1.71. The largest absolute Gasteiger partial charge is 0.301 e. The lowest BCUT2D eigenvalue weighted by Crippen LogP contribution is -2.03. The molecule has 0 aliphatic heterocycles. The van der Waals surface area contributed by atoms with E-state index in [1.165, 1.54) is 16.9 Å². The fourth-order valence-electron chi connectivity index (χ4n) is 2.33. The lowest BCUT2D eigenvalue weighted by molar-refractivity contribution is -0.393. The fourth-order valence-corrected chi connectivity index (χ4v) is 2.50. The SMILES string of the molecule is C/C(=N\Nc1ccc([N+](=O)[O-])cc1[N+](=O)[O-])c1ccc(-n2nncc2Cl)cc1. The van der Waals surface area contributed by atoms with Gasteiger partial charge in [0.15, 0.2) is 5.15 Å². The molecule has 0 unspecified atom stereocenters. The predicted molar refractivity (Wildman–Crippen MR) is 102 cm³/mol. The zero-order valence-electron chi connectivity index (χ0n) is 14.3. The normalized spacial score (nSPS) is 11.3. The summed E-state index contributed by atoms with van der Waals surface area (Å²) in [4.78, 5) is 20.5. The first-order valence-corrected chi connectivity index (χ1v) is 8.15. The monoisotopic (exact) mass is 401 g/mol. The Morgan fingerprint density at radius 3 is 2.43 bits per heavy atom. The number of non-ortho nitro benzene ring substituents is 1. The molecule has 3 rings (SSSR count). The van der Waals surface area contributed by atoms with Crippen LogP contribution in [0.4, 0.5) is 17.1 Å². The first kappa shape index (κ1) is 18.9. The highest BCUT2D eigenvalue weighted by molar-refractivity contribution is 6.29. The smallest absolute Gasteiger partial charge is 0.271 e. The van der Waals surface area contributed by atoms with Crippen LogP contribution in [0.1, 0.15) is 12.5 Å². The van der Waals surface area contributed by atoms with Gasteiger partial charge in [-0.3, -0.25) is 25.7 Å². The molecule has 0 atom stereocenters. The van der Waals surface area contributed by atoms with Gasteiger partial charge in [-0.2, -0.15) is 5.10 Å². The molecule has 0 saturated heterocycles. The zero-order chi connectivity index (χ0) is 20.3. The summed E-state index contributed by atoms with van der Waals surface area (Å²) in [5.41, 5.74) is 3.81. The Labute approximate surface area is 162 Å². The summed E-state index contributed by atoms with van der Waals surface area (Å²) in [6, 6.07) is 10.4. The number of hydrogen-bond donors (Lipinski definition) is 1. The van der Waals surface area contributed by atoms with Gasteiger partial charge in [0.05, 0.1) is 33.5 Å². The van der Waals surface area contributed by atoms with E-state index in [-0.39, 0.29) is 11.4 Å². The van der Waals surface area contributed by atoms with Crippen molar-refractivity contribution in [3.63, 3.8) is 0 Å². The van der Waals surface area contributed by atoms with Crippen molar-refractivity contribution in [2.75, 3.05) is 5.43 Å². The highest BCUT2D eigenvalue weighted by atomic mass is 35.5. The van der Waals surface area contributed by atoms with E-state index in [1.807, 2.05) is 0 Å². The van der Waals surface area contributed by atoms with Gasteiger partial charge >= 0.3 is 5.69 Å². The molecule has 1 aromatic heterocycles. The Balaban J connectivity index is 1.82. The molecule has 0 bridgehead atoms. The van der Waals surface area contributed by atoms with Crippen LogP contribution in [0.2, 0.25) is 5.15 Å². The lowest BCUT2D eigenvalue weighted by atomic mass is 10.1. The summed E-state index contributed by atoms with van der Waals surface area (Å²) in [5.74, 6) is 0. The van der Waals surface area contributed by atoms with Crippen molar-refractivity contribution in [1.82, 2.24) is 15.0 Å². The first-order valence-electron chi connectivity index (χ1n) is 7.77. The number of aromatic nitrogens is 3. The molecule has 1 heterocycles. The molecular weight excluding hydrogens is 390 g/mol. The van der Waals surface area contributed by atoms with Gasteiger partial charge in [0.1, 0.15) is 5.69 Å². The van der Waals surface area contributed by atoms with E-state index in [0.717, 1.165) is 17.7 Å². The number of halogens is 1. The molecule has 12 heteroatoms. The van der Waals surface area contributed by atoms with Gasteiger partial charge in [-0.1, -0.05) is 28.9 Å². The van der Waals surface area contributed by atoms with Gasteiger partial charge in [0.25, 0.3) is 5.69 Å². The van der Waals surface area contributed by atoms with Gasteiger partial charge in [-0.15, -0.1) is 5.10 Å². The summed E-state index contributed by atoms with van der Waals surface area (Å²) in [6.07, 6.45) is 1.42. The second kappa shape index (κ2) is 7.80. The quantitative estimate of drug-likeness (QED) is 0.378. The van der Waals surface area contributed by atoms with Crippen LogP contribution in [0.3, 0.4) is 0 Å². The van der Waals surface area contributed by atoms with Crippen LogP contribution in [0, 0.1) is 20.2 Å². The molecule has 3 aromatic rings. The standard InChI is InChI=1S/C16H12ClN7O4/c1-10(11-2-4-12(5-3-11)22-16(17)9-18-21-22)19-20-14-7-6-13(23(25)26)8-15(14)24(27)28/h2-9,20H,1H3/b19-10+. The van der Waals surface area contributed by atoms with Crippen molar-refractivity contribution in [3.8, 4) is 5.69 Å². The molecule has 2 aromatic carbocycles. The molecule has 0 aliphatic carbocycles. The number of anilines is 1. The fraction of sp³-hybridized carbons (Fsp3) is 0.0625. The Kier molecular flexibility index (Phi) is 5.27. The van der Waals surface area contributed by atoms with Crippen molar-refractivity contribution < 1.29 is 9.85 Å². The van der Waals surface area contributed by atoms with Gasteiger partial charge < -0.3 is 0 Å². The minimum Gasteiger partial charge on any atom is -0.271 e. The van der Waals surface area contributed by atoms with Crippen molar-refractivity contribution in [2.24, 2.45) is 5.10 Å². The van der Waals surface area contributed by atoms with Crippen LogP contribution >= 0.6 is 11.6 Å². The highest BCUT2D eigenvalue weighted by Gasteiger charge is 2.19. The van der Waals surface area contributed by atoms with Crippen molar-refractivity contribution in [3.05, 3.63) is 79.6 Å². The number of nitro benzene ring substituents is 2. The Morgan fingerprint density at radius 1 is 1.14 bits per heavy atom. The molecule has 0 fully saturated rings. The van der Waals surface area contributed by atoms with E-state index in [1.54, 1.807) is 31.2 Å². The van der Waals surface area contributed by atoms with Gasteiger partial charge in [0.2, 0.25) is 0 Å². The Bertz CT molecular complexity index is 1080. The van der Waals surface area contributed by atoms with Crippen molar-refractivity contribution in [1.29, 1.82) is 0 Å². The summed E-state index contributed by atoms with van der Waals surface area (Å²) < 4.78 is 1.45. The molecule has 0 spiro atoms. The molecular formula is C16H12ClN7O4. The van der Waals surface area contributed by atoms with E-state index in [9.17, 15) is 20.2 Å².